The lowest BCUT2D eigenvalue weighted by Gasteiger charge is -2.24. The lowest BCUT2D eigenvalue weighted by atomic mass is 9.90. The SMILES string of the molecule is N[C@@]1(C(=O)O)C[C@H](NC(=O)OCc2ccccc2)[C@H]2[C@H](C(=O)O)[C@H]21. The van der Waals surface area contributed by atoms with E-state index in [9.17, 15) is 24.6 Å². The van der Waals surface area contributed by atoms with Crippen LogP contribution < -0.4 is 11.1 Å². The molecule has 0 radical (unpaired) electrons. The summed E-state index contributed by atoms with van der Waals surface area (Å²) in [7, 11) is 0. The molecule has 2 saturated carbocycles. The second-order valence-electron chi connectivity index (χ2n) is 6.33. The molecule has 8 nitrogen and oxygen atoms in total. The van der Waals surface area contributed by atoms with Crippen LogP contribution in [-0.4, -0.2) is 39.8 Å². The maximum Gasteiger partial charge on any atom is 0.407 e. The van der Waals surface area contributed by atoms with Crippen LogP contribution in [-0.2, 0) is 20.9 Å². The van der Waals surface area contributed by atoms with E-state index >= 15 is 0 Å². The fraction of sp³-hybridized carbons (Fsp3) is 0.438. The Balaban J connectivity index is 1.62. The van der Waals surface area contributed by atoms with Gasteiger partial charge in [-0.25, -0.2) is 4.79 Å². The monoisotopic (exact) mass is 334 g/mol. The number of hydrogen-bond donors (Lipinski definition) is 4. The van der Waals surface area contributed by atoms with Crippen molar-refractivity contribution in [1.82, 2.24) is 5.32 Å². The van der Waals surface area contributed by atoms with Gasteiger partial charge < -0.3 is 26.0 Å². The predicted octanol–water partition coefficient (Wildman–Crippen LogP) is 0.414. The molecular formula is C16H18N2O6. The molecule has 2 fully saturated rings. The maximum absolute atomic E-state index is 11.9. The molecular weight excluding hydrogens is 316 g/mol. The van der Waals surface area contributed by atoms with E-state index in [-0.39, 0.29) is 13.0 Å². The topological polar surface area (TPSA) is 139 Å². The minimum atomic E-state index is -1.63. The predicted molar refractivity (Wildman–Crippen MR) is 80.8 cm³/mol. The Kier molecular flexibility index (Phi) is 3.92. The third kappa shape index (κ3) is 2.69. The van der Waals surface area contributed by atoms with Crippen LogP contribution in [0.4, 0.5) is 4.79 Å². The Morgan fingerprint density at radius 1 is 1.25 bits per heavy atom. The first-order valence-corrected chi connectivity index (χ1v) is 7.57. The average molecular weight is 334 g/mol. The van der Waals surface area contributed by atoms with Crippen molar-refractivity contribution in [1.29, 1.82) is 0 Å². The lowest BCUT2D eigenvalue weighted by molar-refractivity contribution is -0.145. The Labute approximate surface area is 137 Å². The van der Waals surface area contributed by atoms with Crippen molar-refractivity contribution in [3.05, 3.63) is 35.9 Å². The van der Waals surface area contributed by atoms with Crippen molar-refractivity contribution >= 4 is 18.0 Å². The molecule has 2 aliphatic carbocycles. The summed E-state index contributed by atoms with van der Waals surface area (Å²) < 4.78 is 5.10. The number of nitrogens with one attached hydrogen (secondary N) is 1. The molecule has 2 aliphatic rings. The minimum absolute atomic E-state index is 0.0120. The second-order valence-corrected chi connectivity index (χ2v) is 6.33. The van der Waals surface area contributed by atoms with Crippen LogP contribution in [0.25, 0.3) is 0 Å². The molecule has 0 aromatic heterocycles. The maximum atomic E-state index is 11.9. The van der Waals surface area contributed by atoms with Crippen molar-refractivity contribution in [2.24, 2.45) is 23.5 Å². The molecule has 0 heterocycles. The van der Waals surface area contributed by atoms with Gasteiger partial charge in [0.1, 0.15) is 12.1 Å². The van der Waals surface area contributed by atoms with Gasteiger partial charge in [0.2, 0.25) is 0 Å². The number of hydrogen-bond acceptors (Lipinski definition) is 5. The molecule has 0 unspecified atom stereocenters. The average Bonchev–Trinajstić information content (AvgIpc) is 3.23. The van der Waals surface area contributed by atoms with Gasteiger partial charge in [-0.2, -0.15) is 0 Å². The minimum Gasteiger partial charge on any atom is -0.481 e. The van der Waals surface area contributed by atoms with Crippen molar-refractivity contribution < 1.29 is 29.3 Å². The highest BCUT2D eigenvalue weighted by Gasteiger charge is 2.74. The summed E-state index contributed by atoms with van der Waals surface area (Å²) in [5.74, 6) is -4.34. The first-order valence-electron chi connectivity index (χ1n) is 7.57. The zero-order valence-corrected chi connectivity index (χ0v) is 12.7. The lowest BCUT2D eigenvalue weighted by Crippen LogP contribution is -2.52. The molecule has 3 rings (SSSR count). The highest BCUT2D eigenvalue weighted by atomic mass is 16.5. The number of carboxylic acid groups (broad SMARTS) is 2. The summed E-state index contributed by atoms with van der Waals surface area (Å²) in [5.41, 5.74) is 5.07. The van der Waals surface area contributed by atoms with E-state index in [4.69, 9.17) is 10.5 Å². The fourth-order valence-corrected chi connectivity index (χ4v) is 3.75. The molecule has 1 aromatic carbocycles. The summed E-state index contributed by atoms with van der Waals surface area (Å²) >= 11 is 0. The molecule has 8 heteroatoms. The van der Waals surface area contributed by atoms with Gasteiger partial charge in [-0.15, -0.1) is 0 Å². The molecule has 1 aromatic rings. The normalized spacial score (nSPS) is 33.4. The summed E-state index contributed by atoms with van der Waals surface area (Å²) in [4.78, 5) is 34.6. The van der Waals surface area contributed by atoms with Gasteiger partial charge in [-0.05, 0) is 17.9 Å². The van der Waals surface area contributed by atoms with E-state index in [1.54, 1.807) is 12.1 Å². The van der Waals surface area contributed by atoms with Gasteiger partial charge in [0.05, 0.1) is 5.92 Å². The fourth-order valence-electron chi connectivity index (χ4n) is 3.75. The number of ether oxygens (including phenoxy) is 1. The third-order valence-electron chi connectivity index (χ3n) is 4.89. The van der Waals surface area contributed by atoms with Crippen molar-refractivity contribution in [2.75, 3.05) is 0 Å². The standard InChI is InChI=1S/C16H18N2O6/c17-16(14(21)22)6-9(10-11(12(10)16)13(19)20)18-15(23)24-7-8-4-2-1-3-5-8/h1-5,9-12H,6-7,17H2,(H,18,23)(H,19,20)(H,21,22)/t9-,10-,11-,12-,16-/m0/s1. The van der Waals surface area contributed by atoms with Crippen LogP contribution in [0.3, 0.4) is 0 Å². The molecule has 5 atom stereocenters. The van der Waals surface area contributed by atoms with Gasteiger partial charge in [0.15, 0.2) is 0 Å². The van der Waals surface area contributed by atoms with Gasteiger partial charge in [-0.1, -0.05) is 30.3 Å². The molecule has 0 bridgehead atoms. The van der Waals surface area contributed by atoms with Crippen LogP contribution >= 0.6 is 0 Å². The van der Waals surface area contributed by atoms with Crippen LogP contribution in [0.5, 0.6) is 0 Å². The van der Waals surface area contributed by atoms with E-state index in [0.717, 1.165) is 5.56 Å². The van der Waals surface area contributed by atoms with Crippen molar-refractivity contribution in [3.63, 3.8) is 0 Å². The molecule has 5 N–H and O–H groups in total. The van der Waals surface area contributed by atoms with Crippen LogP contribution in [0.2, 0.25) is 0 Å². The van der Waals surface area contributed by atoms with Crippen LogP contribution in [0.15, 0.2) is 30.3 Å². The first-order chi connectivity index (χ1) is 11.3. The third-order valence-corrected chi connectivity index (χ3v) is 4.89. The van der Waals surface area contributed by atoms with Gasteiger partial charge in [0.25, 0.3) is 0 Å². The molecule has 0 aliphatic heterocycles. The Morgan fingerprint density at radius 2 is 1.92 bits per heavy atom. The second kappa shape index (κ2) is 5.79. The number of benzene rings is 1. The number of carboxylic acids is 2. The van der Waals surface area contributed by atoms with Crippen LogP contribution in [0.1, 0.15) is 12.0 Å². The van der Waals surface area contributed by atoms with Gasteiger partial charge in [-0.3, -0.25) is 9.59 Å². The largest absolute Gasteiger partial charge is 0.481 e. The molecule has 0 saturated heterocycles. The number of alkyl carbamates (subject to hydrolysis) is 1. The van der Waals surface area contributed by atoms with Crippen molar-refractivity contribution in [2.45, 2.75) is 24.6 Å². The number of amides is 1. The summed E-state index contributed by atoms with van der Waals surface area (Å²) in [6.45, 7) is 0.0720. The van der Waals surface area contributed by atoms with E-state index in [1.165, 1.54) is 0 Å². The highest BCUT2D eigenvalue weighted by Crippen LogP contribution is 2.61. The number of carbonyl (C=O) groups is 3. The molecule has 1 amide bonds. The highest BCUT2D eigenvalue weighted by molar-refractivity contribution is 5.86. The number of nitrogens with two attached hydrogens (primary N) is 1. The van der Waals surface area contributed by atoms with E-state index < -0.39 is 47.4 Å². The van der Waals surface area contributed by atoms with Crippen molar-refractivity contribution in [3.8, 4) is 0 Å². The number of aliphatic carboxylic acids is 2. The molecule has 0 spiro atoms. The Hall–Kier alpha value is -2.61. The zero-order chi connectivity index (χ0) is 17.5. The first kappa shape index (κ1) is 16.3. The van der Waals surface area contributed by atoms with E-state index in [2.05, 4.69) is 5.32 Å². The van der Waals surface area contributed by atoms with E-state index in [1.807, 2.05) is 18.2 Å². The summed E-state index contributed by atoms with van der Waals surface area (Å²) in [6.07, 6.45) is -0.727. The summed E-state index contributed by atoms with van der Waals surface area (Å²) in [6, 6.07) is 8.45. The smallest absolute Gasteiger partial charge is 0.407 e. The Morgan fingerprint density at radius 3 is 2.50 bits per heavy atom. The van der Waals surface area contributed by atoms with Gasteiger partial charge >= 0.3 is 18.0 Å². The Bertz CT molecular complexity index is 678. The van der Waals surface area contributed by atoms with Crippen LogP contribution in [0, 0.1) is 17.8 Å². The zero-order valence-electron chi connectivity index (χ0n) is 12.7. The number of carbonyl (C=O) groups excluding carboxylic acids is 1. The number of fused-ring (bicyclic) bond motifs is 1. The van der Waals surface area contributed by atoms with E-state index in [0.29, 0.717) is 0 Å². The quantitative estimate of drug-likeness (QED) is 0.611. The van der Waals surface area contributed by atoms with Gasteiger partial charge in [0, 0.05) is 12.0 Å². The molecule has 24 heavy (non-hydrogen) atoms. The number of rotatable bonds is 5. The molecule has 128 valence electrons. The summed E-state index contributed by atoms with van der Waals surface area (Å²) in [5, 5.41) is 21.1.